The summed E-state index contributed by atoms with van der Waals surface area (Å²) in [6, 6.07) is 10.8. The Labute approximate surface area is 157 Å². The topological polar surface area (TPSA) is 98.8 Å². The standard InChI is InChI=1S/C20H20N4O3/c1-13-18(7-8-22-19(13)10-21)14-3-5-15(6-4-14)20(26)24-11-16(23-27-2)9-17(24)12-25/h3-8,17,25H,9,11-12H2,1-2H3/b23-16+. The number of hydrogen-bond acceptors (Lipinski definition) is 6. The third-order valence-electron chi connectivity index (χ3n) is 4.71. The van der Waals surface area contributed by atoms with Gasteiger partial charge in [-0.15, -0.1) is 0 Å². The molecule has 7 nitrogen and oxygen atoms in total. The molecule has 0 radical (unpaired) electrons. The number of aliphatic hydroxyl groups is 1. The highest BCUT2D eigenvalue weighted by Crippen LogP contribution is 2.26. The van der Waals surface area contributed by atoms with E-state index in [4.69, 9.17) is 10.1 Å². The highest BCUT2D eigenvalue weighted by Gasteiger charge is 2.33. The number of nitriles is 1. The Balaban J connectivity index is 1.84. The summed E-state index contributed by atoms with van der Waals surface area (Å²) in [5, 5.41) is 22.6. The number of aromatic nitrogens is 1. The van der Waals surface area contributed by atoms with Gasteiger partial charge in [0.2, 0.25) is 0 Å². The first-order valence-electron chi connectivity index (χ1n) is 8.56. The third-order valence-corrected chi connectivity index (χ3v) is 4.71. The summed E-state index contributed by atoms with van der Waals surface area (Å²) < 4.78 is 0. The van der Waals surface area contributed by atoms with Crippen LogP contribution in [0.2, 0.25) is 0 Å². The average Bonchev–Trinajstić information content (AvgIpc) is 3.11. The molecule has 2 heterocycles. The molecule has 138 valence electrons. The van der Waals surface area contributed by atoms with E-state index in [1.165, 1.54) is 7.11 Å². The molecule has 7 heteroatoms. The van der Waals surface area contributed by atoms with E-state index in [0.29, 0.717) is 24.2 Å². The number of carbonyl (C=O) groups excluding carboxylic acids is 1. The number of carbonyl (C=O) groups is 1. The molecule has 0 aliphatic carbocycles. The lowest BCUT2D eigenvalue weighted by molar-refractivity contribution is 0.0680. The van der Waals surface area contributed by atoms with Crippen LogP contribution in [-0.2, 0) is 4.84 Å². The van der Waals surface area contributed by atoms with Crippen molar-refractivity contribution in [3.05, 3.63) is 53.3 Å². The molecule has 1 aliphatic heterocycles. The van der Waals surface area contributed by atoms with E-state index < -0.39 is 0 Å². The lowest BCUT2D eigenvalue weighted by Crippen LogP contribution is -2.37. The second kappa shape index (κ2) is 7.98. The number of hydrogen-bond donors (Lipinski definition) is 1. The average molecular weight is 364 g/mol. The first-order chi connectivity index (χ1) is 13.1. The van der Waals surface area contributed by atoms with Gasteiger partial charge >= 0.3 is 0 Å². The summed E-state index contributed by atoms with van der Waals surface area (Å²) in [6.45, 7) is 2.07. The Morgan fingerprint density at radius 3 is 2.78 bits per heavy atom. The maximum atomic E-state index is 12.8. The molecule has 1 aliphatic rings. The summed E-state index contributed by atoms with van der Waals surface area (Å²) >= 11 is 0. The first-order valence-corrected chi connectivity index (χ1v) is 8.56. The van der Waals surface area contributed by atoms with Crippen molar-refractivity contribution in [1.29, 1.82) is 5.26 Å². The monoisotopic (exact) mass is 364 g/mol. The molecule has 0 saturated carbocycles. The van der Waals surface area contributed by atoms with Crippen LogP contribution in [0.25, 0.3) is 11.1 Å². The highest BCUT2D eigenvalue weighted by atomic mass is 16.6. The summed E-state index contributed by atoms with van der Waals surface area (Å²) in [7, 11) is 1.46. The van der Waals surface area contributed by atoms with Crippen molar-refractivity contribution in [1.82, 2.24) is 9.88 Å². The molecule has 1 aromatic carbocycles. The third kappa shape index (κ3) is 3.66. The van der Waals surface area contributed by atoms with Gasteiger partial charge in [-0.1, -0.05) is 17.3 Å². The number of oxime groups is 1. The predicted molar refractivity (Wildman–Crippen MR) is 100 cm³/mol. The van der Waals surface area contributed by atoms with Gasteiger partial charge in [0.1, 0.15) is 18.9 Å². The fourth-order valence-corrected chi connectivity index (χ4v) is 3.29. The molecule has 1 fully saturated rings. The van der Waals surface area contributed by atoms with Crippen LogP contribution < -0.4 is 0 Å². The minimum absolute atomic E-state index is 0.125. The molecule has 27 heavy (non-hydrogen) atoms. The van der Waals surface area contributed by atoms with Crippen molar-refractivity contribution >= 4 is 11.6 Å². The van der Waals surface area contributed by atoms with Gasteiger partial charge in [0.15, 0.2) is 0 Å². The van der Waals surface area contributed by atoms with Crippen LogP contribution in [0.4, 0.5) is 0 Å². The number of likely N-dealkylation sites (tertiary alicyclic amines) is 1. The fourth-order valence-electron chi connectivity index (χ4n) is 3.29. The first kappa shape index (κ1) is 18.5. The number of rotatable bonds is 4. The lowest BCUT2D eigenvalue weighted by Gasteiger charge is -2.22. The molecule has 2 aromatic rings. The van der Waals surface area contributed by atoms with Crippen molar-refractivity contribution in [3.63, 3.8) is 0 Å². The molecular weight excluding hydrogens is 344 g/mol. The number of pyridine rings is 1. The van der Waals surface area contributed by atoms with Crippen LogP contribution in [0.15, 0.2) is 41.7 Å². The summed E-state index contributed by atoms with van der Waals surface area (Å²) in [5.74, 6) is -0.161. The van der Waals surface area contributed by atoms with E-state index in [0.717, 1.165) is 22.4 Å². The maximum Gasteiger partial charge on any atom is 0.254 e. The fraction of sp³-hybridized carbons (Fsp3) is 0.300. The number of amides is 1. The number of nitrogens with zero attached hydrogens (tertiary/aromatic N) is 4. The van der Waals surface area contributed by atoms with Crippen LogP contribution in [0.3, 0.4) is 0 Å². The Hall–Kier alpha value is -3.24. The molecule has 1 atom stereocenters. The summed E-state index contributed by atoms with van der Waals surface area (Å²) in [4.78, 5) is 23.3. The minimum Gasteiger partial charge on any atom is -0.399 e. The van der Waals surface area contributed by atoms with Crippen molar-refractivity contribution in [2.45, 2.75) is 19.4 Å². The highest BCUT2D eigenvalue weighted by molar-refractivity contribution is 6.00. The van der Waals surface area contributed by atoms with E-state index in [2.05, 4.69) is 16.2 Å². The Kier molecular flexibility index (Phi) is 5.48. The molecule has 1 unspecified atom stereocenters. The summed E-state index contributed by atoms with van der Waals surface area (Å²) in [6.07, 6.45) is 2.11. The smallest absolute Gasteiger partial charge is 0.254 e. The van der Waals surface area contributed by atoms with E-state index in [1.54, 1.807) is 23.2 Å². The SMILES string of the molecule is CO/N=C1\CC(CO)N(C(=O)c2ccc(-c3ccnc(C#N)c3C)cc2)C1. The van der Waals surface area contributed by atoms with E-state index >= 15 is 0 Å². The zero-order valence-electron chi connectivity index (χ0n) is 15.2. The van der Waals surface area contributed by atoms with Crippen molar-refractivity contribution in [2.24, 2.45) is 5.16 Å². The van der Waals surface area contributed by atoms with Gasteiger partial charge in [0, 0.05) is 18.2 Å². The van der Waals surface area contributed by atoms with Gasteiger partial charge in [0.05, 0.1) is 24.9 Å². The van der Waals surface area contributed by atoms with Crippen LogP contribution >= 0.6 is 0 Å². The normalized spacial score (nSPS) is 17.8. The lowest BCUT2D eigenvalue weighted by atomic mass is 9.99. The molecule has 1 saturated heterocycles. The second-order valence-corrected chi connectivity index (χ2v) is 6.33. The van der Waals surface area contributed by atoms with Crippen LogP contribution in [0.5, 0.6) is 0 Å². The van der Waals surface area contributed by atoms with E-state index in [9.17, 15) is 9.90 Å². The molecular formula is C20H20N4O3. The molecule has 3 rings (SSSR count). The summed E-state index contributed by atoms with van der Waals surface area (Å²) in [5.41, 5.74) is 4.27. The number of benzene rings is 1. The van der Waals surface area contributed by atoms with Crippen LogP contribution in [-0.4, -0.2) is 52.9 Å². The Morgan fingerprint density at radius 1 is 1.41 bits per heavy atom. The van der Waals surface area contributed by atoms with Crippen molar-refractivity contribution in [2.75, 3.05) is 20.3 Å². The maximum absolute atomic E-state index is 12.8. The Morgan fingerprint density at radius 2 is 2.15 bits per heavy atom. The Bertz CT molecular complexity index is 916. The number of aliphatic hydroxyl groups excluding tert-OH is 1. The quantitative estimate of drug-likeness (QED) is 0.838. The van der Waals surface area contributed by atoms with Crippen molar-refractivity contribution < 1.29 is 14.7 Å². The molecule has 1 amide bonds. The van der Waals surface area contributed by atoms with E-state index in [-0.39, 0.29) is 18.6 Å². The van der Waals surface area contributed by atoms with Crippen LogP contribution in [0, 0.1) is 18.3 Å². The molecule has 1 N–H and O–H groups in total. The zero-order valence-corrected chi connectivity index (χ0v) is 15.2. The van der Waals surface area contributed by atoms with Gasteiger partial charge in [-0.25, -0.2) is 4.98 Å². The van der Waals surface area contributed by atoms with Crippen molar-refractivity contribution in [3.8, 4) is 17.2 Å². The predicted octanol–water partition coefficient (Wildman–Crippen LogP) is 2.14. The van der Waals surface area contributed by atoms with Gasteiger partial charge in [-0.2, -0.15) is 5.26 Å². The molecule has 0 spiro atoms. The second-order valence-electron chi connectivity index (χ2n) is 6.33. The largest absolute Gasteiger partial charge is 0.399 e. The molecule has 0 bridgehead atoms. The van der Waals surface area contributed by atoms with Gasteiger partial charge < -0.3 is 14.8 Å². The molecule has 1 aromatic heterocycles. The van der Waals surface area contributed by atoms with Crippen LogP contribution in [0.1, 0.15) is 28.0 Å². The van der Waals surface area contributed by atoms with Gasteiger partial charge in [-0.3, -0.25) is 4.79 Å². The van der Waals surface area contributed by atoms with Gasteiger partial charge in [0.25, 0.3) is 5.91 Å². The van der Waals surface area contributed by atoms with Gasteiger partial charge in [-0.05, 0) is 41.8 Å². The zero-order chi connectivity index (χ0) is 19.4. The minimum atomic E-state index is -0.299. The van der Waals surface area contributed by atoms with E-state index in [1.807, 2.05) is 25.1 Å².